The summed E-state index contributed by atoms with van der Waals surface area (Å²) in [7, 11) is 0. The molecule has 0 aliphatic heterocycles. The summed E-state index contributed by atoms with van der Waals surface area (Å²) in [5, 5.41) is 0. The van der Waals surface area contributed by atoms with E-state index in [2.05, 4.69) is 82.3 Å². The summed E-state index contributed by atoms with van der Waals surface area (Å²) in [4.78, 5) is 0. The first-order chi connectivity index (χ1) is 9.58. The fraction of sp³-hybridized carbons (Fsp3) is 0.400. The fourth-order valence-corrected chi connectivity index (χ4v) is 2.55. The van der Waals surface area contributed by atoms with Crippen LogP contribution in [0.5, 0.6) is 0 Å². The molecule has 0 saturated carbocycles. The minimum Gasteiger partial charge on any atom is -0.0795 e. The monoisotopic (exact) mass is 266 g/mol. The molecule has 20 heavy (non-hydrogen) atoms. The molecule has 0 N–H and O–H groups in total. The Labute approximate surface area is 123 Å². The molecule has 1 atom stereocenters. The van der Waals surface area contributed by atoms with Crippen molar-refractivity contribution in [2.45, 2.75) is 34.1 Å². The molecule has 1 aromatic carbocycles. The minimum absolute atomic E-state index is 0.687. The molecule has 0 nitrogen and oxygen atoms in total. The van der Waals surface area contributed by atoms with Gasteiger partial charge in [0.1, 0.15) is 0 Å². The van der Waals surface area contributed by atoms with E-state index in [4.69, 9.17) is 0 Å². The second kappa shape index (κ2) is 6.74. The number of allylic oxidation sites excluding steroid dienone is 5. The molecule has 0 heterocycles. The van der Waals surface area contributed by atoms with Crippen LogP contribution in [0.4, 0.5) is 0 Å². The van der Waals surface area contributed by atoms with Crippen LogP contribution in [0.3, 0.4) is 0 Å². The molecule has 0 fully saturated rings. The quantitative estimate of drug-likeness (QED) is 0.647. The Morgan fingerprint density at radius 1 is 1.00 bits per heavy atom. The lowest BCUT2D eigenvalue weighted by Gasteiger charge is -2.09. The number of hydrogen-bond acceptors (Lipinski definition) is 0. The second-order valence-electron chi connectivity index (χ2n) is 6.31. The molecule has 106 valence electrons. The number of hydrogen-bond donors (Lipinski definition) is 0. The van der Waals surface area contributed by atoms with Gasteiger partial charge in [0, 0.05) is 0 Å². The largest absolute Gasteiger partial charge is 0.0795 e. The Hall–Kier alpha value is -1.56. The molecule has 2 aliphatic carbocycles. The van der Waals surface area contributed by atoms with Crippen LogP contribution in [0.2, 0.25) is 0 Å². The molecule has 0 spiro atoms. The standard InChI is InChI=1S/C11H18.C9H8/c1-8(2)10-5-6-11(7-10)9(3)4;1-2-5-9-7-3-6-8(9)4-1/h5-10H,1-4H3;1-6H,7H2. The van der Waals surface area contributed by atoms with Crippen molar-refractivity contribution in [3.8, 4) is 0 Å². The maximum absolute atomic E-state index is 2.40. The second-order valence-corrected chi connectivity index (χ2v) is 6.31. The fourth-order valence-electron chi connectivity index (χ4n) is 2.55. The van der Waals surface area contributed by atoms with E-state index in [-0.39, 0.29) is 0 Å². The molecule has 0 radical (unpaired) electrons. The molecule has 2 aliphatic rings. The van der Waals surface area contributed by atoms with Crippen molar-refractivity contribution in [2.24, 2.45) is 17.8 Å². The summed E-state index contributed by atoms with van der Waals surface area (Å²) in [5.74, 6) is 2.13. The Kier molecular flexibility index (Phi) is 5.00. The maximum Gasteiger partial charge on any atom is -0.00213 e. The van der Waals surface area contributed by atoms with Gasteiger partial charge in [0.05, 0.1) is 0 Å². The van der Waals surface area contributed by atoms with Gasteiger partial charge in [-0.3, -0.25) is 0 Å². The summed E-state index contributed by atoms with van der Waals surface area (Å²) >= 11 is 0. The van der Waals surface area contributed by atoms with Crippen LogP contribution in [0.25, 0.3) is 6.08 Å². The molecule has 1 unspecified atom stereocenters. The van der Waals surface area contributed by atoms with E-state index >= 15 is 0 Å². The lowest BCUT2D eigenvalue weighted by molar-refractivity contribution is 0.553. The SMILES string of the molecule is C1=Cc2ccccc2C1.CC(C)C1=CC(C(C)C)C=C1. The molecule has 3 rings (SSSR count). The minimum atomic E-state index is 0.687. The van der Waals surface area contributed by atoms with Crippen LogP contribution in [0.1, 0.15) is 38.8 Å². The third-order valence-corrected chi connectivity index (χ3v) is 4.02. The Bertz CT molecular complexity index is 527. The summed E-state index contributed by atoms with van der Waals surface area (Å²) in [6, 6.07) is 8.49. The van der Waals surface area contributed by atoms with Crippen LogP contribution in [-0.4, -0.2) is 0 Å². The highest BCUT2D eigenvalue weighted by Gasteiger charge is 2.13. The van der Waals surface area contributed by atoms with E-state index in [0.29, 0.717) is 11.8 Å². The van der Waals surface area contributed by atoms with Gasteiger partial charge in [0.25, 0.3) is 0 Å². The number of fused-ring (bicyclic) bond motifs is 1. The highest BCUT2D eigenvalue weighted by atomic mass is 14.2. The van der Waals surface area contributed by atoms with Gasteiger partial charge in [-0.2, -0.15) is 0 Å². The zero-order valence-electron chi connectivity index (χ0n) is 13.1. The highest BCUT2D eigenvalue weighted by Crippen LogP contribution is 2.26. The third kappa shape index (κ3) is 3.72. The smallest absolute Gasteiger partial charge is 0.00213 e. The zero-order chi connectivity index (χ0) is 14.5. The zero-order valence-corrected chi connectivity index (χ0v) is 13.1. The van der Waals surface area contributed by atoms with Crippen LogP contribution in [-0.2, 0) is 6.42 Å². The van der Waals surface area contributed by atoms with Gasteiger partial charge in [0.2, 0.25) is 0 Å². The van der Waals surface area contributed by atoms with Gasteiger partial charge in [-0.05, 0) is 40.9 Å². The first-order valence-electron chi connectivity index (χ1n) is 7.72. The van der Waals surface area contributed by atoms with Crippen molar-refractivity contribution in [1.29, 1.82) is 0 Å². The highest BCUT2D eigenvalue weighted by molar-refractivity contribution is 5.59. The molecule has 0 amide bonds. The molecule has 0 aromatic heterocycles. The van der Waals surface area contributed by atoms with Crippen LogP contribution in [0.15, 0.2) is 54.1 Å². The van der Waals surface area contributed by atoms with E-state index in [9.17, 15) is 0 Å². The normalized spacial score (nSPS) is 19.1. The van der Waals surface area contributed by atoms with Crippen molar-refractivity contribution in [1.82, 2.24) is 0 Å². The maximum atomic E-state index is 2.40. The lowest BCUT2D eigenvalue weighted by Crippen LogP contribution is -1.99. The first kappa shape index (κ1) is 14.8. The van der Waals surface area contributed by atoms with Gasteiger partial charge < -0.3 is 0 Å². The van der Waals surface area contributed by atoms with E-state index in [1.165, 1.54) is 16.7 Å². The number of benzene rings is 1. The Morgan fingerprint density at radius 3 is 2.30 bits per heavy atom. The van der Waals surface area contributed by atoms with Gasteiger partial charge in [-0.15, -0.1) is 0 Å². The van der Waals surface area contributed by atoms with Crippen LogP contribution < -0.4 is 0 Å². The third-order valence-electron chi connectivity index (χ3n) is 4.02. The predicted octanol–water partition coefficient (Wildman–Crippen LogP) is 5.67. The van der Waals surface area contributed by atoms with Crippen molar-refractivity contribution in [3.63, 3.8) is 0 Å². The van der Waals surface area contributed by atoms with Crippen molar-refractivity contribution >= 4 is 6.08 Å². The summed E-state index contributed by atoms with van der Waals surface area (Å²) in [6.45, 7) is 9.04. The molecular weight excluding hydrogens is 240 g/mol. The molecule has 0 saturated heterocycles. The van der Waals surface area contributed by atoms with Crippen molar-refractivity contribution in [2.75, 3.05) is 0 Å². The van der Waals surface area contributed by atoms with Gasteiger partial charge in [0.15, 0.2) is 0 Å². The van der Waals surface area contributed by atoms with E-state index in [1.807, 2.05) is 0 Å². The molecule has 1 aromatic rings. The Balaban J connectivity index is 0.000000149. The van der Waals surface area contributed by atoms with E-state index in [0.717, 1.165) is 12.3 Å². The van der Waals surface area contributed by atoms with Gasteiger partial charge >= 0.3 is 0 Å². The molecule has 0 heteroatoms. The molecular formula is C20H26. The average molecular weight is 266 g/mol. The summed E-state index contributed by atoms with van der Waals surface area (Å²) < 4.78 is 0. The van der Waals surface area contributed by atoms with Crippen molar-refractivity contribution < 1.29 is 0 Å². The van der Waals surface area contributed by atoms with E-state index < -0.39 is 0 Å². The van der Waals surface area contributed by atoms with Gasteiger partial charge in [-0.1, -0.05) is 82.3 Å². The first-order valence-corrected chi connectivity index (χ1v) is 7.72. The molecule has 0 bridgehead atoms. The van der Waals surface area contributed by atoms with Crippen LogP contribution >= 0.6 is 0 Å². The summed E-state index contributed by atoms with van der Waals surface area (Å²) in [5.41, 5.74) is 4.35. The number of rotatable bonds is 2. The lowest BCUT2D eigenvalue weighted by atomic mass is 9.96. The van der Waals surface area contributed by atoms with Crippen molar-refractivity contribution in [3.05, 3.63) is 65.3 Å². The van der Waals surface area contributed by atoms with Crippen LogP contribution in [0, 0.1) is 17.8 Å². The predicted molar refractivity (Wildman–Crippen MR) is 89.6 cm³/mol. The Morgan fingerprint density at radius 2 is 1.75 bits per heavy atom. The average Bonchev–Trinajstić information content (AvgIpc) is 3.08. The van der Waals surface area contributed by atoms with Gasteiger partial charge in [-0.25, -0.2) is 0 Å². The topological polar surface area (TPSA) is 0 Å². The van der Waals surface area contributed by atoms with E-state index in [1.54, 1.807) is 0 Å². The summed E-state index contributed by atoms with van der Waals surface area (Å²) in [6.07, 6.45) is 12.5.